The highest BCUT2D eigenvalue weighted by Gasteiger charge is 2.20. The molecule has 1 unspecified atom stereocenters. The molecule has 0 saturated heterocycles. The lowest BCUT2D eigenvalue weighted by molar-refractivity contribution is -0.153. The molecule has 1 N–H and O–H groups in total. The van der Waals surface area contributed by atoms with Crippen molar-refractivity contribution in [3.63, 3.8) is 0 Å². The Balaban J connectivity index is 1.64. The molecule has 1 aromatic heterocycles. The number of hydrogen-bond acceptors (Lipinski definition) is 6. The van der Waals surface area contributed by atoms with E-state index in [1.165, 1.54) is 37.5 Å². The van der Waals surface area contributed by atoms with Gasteiger partial charge < -0.3 is 14.8 Å². The van der Waals surface area contributed by atoms with Gasteiger partial charge in [-0.05, 0) is 31.2 Å². The summed E-state index contributed by atoms with van der Waals surface area (Å²) < 4.78 is 35.4. The van der Waals surface area contributed by atoms with Crippen molar-refractivity contribution in [2.75, 3.05) is 5.32 Å². The van der Waals surface area contributed by atoms with Crippen molar-refractivity contribution in [2.45, 2.75) is 26.2 Å². The number of aromatic nitrogens is 2. The number of alkyl halides is 2. The molecule has 1 amide bonds. The van der Waals surface area contributed by atoms with Crippen molar-refractivity contribution in [1.29, 1.82) is 0 Å². The van der Waals surface area contributed by atoms with Crippen LogP contribution in [0.1, 0.15) is 6.92 Å². The standard InChI is InChI=1S/C20H17F2N3O5/c1-12(18(27)24-15-8-4-5-9-16(15)30-20(21)22)29-17(26)10-25-11-23-14-7-3-2-6-13(14)19(25)28/h2-9,11-12,20H,10H2,1H3,(H,24,27). The Kier molecular flexibility index (Phi) is 6.35. The van der Waals surface area contributed by atoms with Gasteiger partial charge in [0, 0.05) is 0 Å². The molecule has 0 spiro atoms. The van der Waals surface area contributed by atoms with Crippen LogP contribution >= 0.6 is 0 Å². The zero-order valence-corrected chi connectivity index (χ0v) is 15.7. The van der Waals surface area contributed by atoms with Gasteiger partial charge in [0.1, 0.15) is 12.3 Å². The van der Waals surface area contributed by atoms with Crippen LogP contribution in [0.25, 0.3) is 10.9 Å². The fraction of sp³-hybridized carbons (Fsp3) is 0.200. The van der Waals surface area contributed by atoms with E-state index in [-0.39, 0.29) is 11.4 Å². The Bertz CT molecular complexity index is 1130. The molecule has 0 aliphatic heterocycles. The van der Waals surface area contributed by atoms with Crippen LogP contribution < -0.4 is 15.6 Å². The van der Waals surface area contributed by atoms with Crippen LogP contribution in [-0.2, 0) is 20.9 Å². The SMILES string of the molecule is CC(OC(=O)Cn1cnc2ccccc2c1=O)C(=O)Nc1ccccc1OC(F)F. The van der Waals surface area contributed by atoms with Gasteiger partial charge in [-0.25, -0.2) is 4.98 Å². The van der Waals surface area contributed by atoms with E-state index in [0.29, 0.717) is 10.9 Å². The lowest BCUT2D eigenvalue weighted by Gasteiger charge is -2.16. The van der Waals surface area contributed by atoms with E-state index >= 15 is 0 Å². The topological polar surface area (TPSA) is 99.5 Å². The predicted octanol–water partition coefficient (Wildman–Crippen LogP) is 2.57. The highest BCUT2D eigenvalue weighted by atomic mass is 19.3. The number of anilines is 1. The van der Waals surface area contributed by atoms with Crippen LogP contribution in [0.4, 0.5) is 14.5 Å². The highest BCUT2D eigenvalue weighted by molar-refractivity contribution is 5.96. The van der Waals surface area contributed by atoms with Crippen LogP contribution in [0.3, 0.4) is 0 Å². The molecule has 1 heterocycles. The summed E-state index contributed by atoms with van der Waals surface area (Å²) in [7, 11) is 0. The first-order valence-electron chi connectivity index (χ1n) is 8.83. The van der Waals surface area contributed by atoms with Gasteiger partial charge in [-0.2, -0.15) is 8.78 Å². The van der Waals surface area contributed by atoms with Crippen molar-refractivity contribution in [3.8, 4) is 5.75 Å². The highest BCUT2D eigenvalue weighted by Crippen LogP contribution is 2.25. The van der Waals surface area contributed by atoms with Crippen molar-refractivity contribution in [2.24, 2.45) is 0 Å². The first-order chi connectivity index (χ1) is 14.3. The zero-order valence-electron chi connectivity index (χ0n) is 15.7. The molecule has 10 heteroatoms. The number of halogens is 2. The maximum atomic E-state index is 12.5. The maximum Gasteiger partial charge on any atom is 0.387 e. The lowest BCUT2D eigenvalue weighted by atomic mass is 10.2. The maximum absolute atomic E-state index is 12.5. The molecule has 8 nitrogen and oxygen atoms in total. The molecule has 30 heavy (non-hydrogen) atoms. The number of para-hydroxylation sites is 3. The molecule has 1 atom stereocenters. The summed E-state index contributed by atoms with van der Waals surface area (Å²) in [4.78, 5) is 40.9. The van der Waals surface area contributed by atoms with Crippen molar-refractivity contribution >= 4 is 28.5 Å². The van der Waals surface area contributed by atoms with Gasteiger partial charge in [-0.15, -0.1) is 0 Å². The summed E-state index contributed by atoms with van der Waals surface area (Å²) in [5, 5.41) is 2.71. The monoisotopic (exact) mass is 417 g/mol. The summed E-state index contributed by atoms with van der Waals surface area (Å²) in [6.45, 7) is -2.20. The number of nitrogens with one attached hydrogen (secondary N) is 1. The van der Waals surface area contributed by atoms with Gasteiger partial charge >= 0.3 is 12.6 Å². The van der Waals surface area contributed by atoms with Gasteiger partial charge in [0.05, 0.1) is 22.9 Å². The number of carbonyl (C=O) groups is 2. The normalized spacial score (nSPS) is 11.9. The number of hydrogen-bond donors (Lipinski definition) is 1. The zero-order chi connectivity index (χ0) is 21.7. The number of carbonyl (C=O) groups excluding carboxylic acids is 2. The number of fused-ring (bicyclic) bond motifs is 1. The molecule has 0 bridgehead atoms. The van der Waals surface area contributed by atoms with E-state index < -0.39 is 36.7 Å². The first-order valence-corrected chi connectivity index (χ1v) is 8.83. The molecule has 0 aliphatic carbocycles. The molecular weight excluding hydrogens is 400 g/mol. The largest absolute Gasteiger partial charge is 0.451 e. The third kappa shape index (κ3) is 4.96. The van der Waals surface area contributed by atoms with E-state index in [1.54, 1.807) is 24.3 Å². The van der Waals surface area contributed by atoms with Crippen molar-refractivity contribution < 1.29 is 27.8 Å². The second kappa shape index (κ2) is 9.12. The fourth-order valence-corrected chi connectivity index (χ4v) is 2.65. The molecule has 2 aromatic carbocycles. The molecule has 0 saturated carbocycles. The average Bonchev–Trinajstić information content (AvgIpc) is 2.71. The van der Waals surface area contributed by atoms with Gasteiger partial charge in [-0.1, -0.05) is 24.3 Å². The number of rotatable bonds is 7. The van der Waals surface area contributed by atoms with Gasteiger partial charge in [-0.3, -0.25) is 19.0 Å². The van der Waals surface area contributed by atoms with Crippen LogP contribution in [0, 0.1) is 0 Å². The number of benzene rings is 2. The van der Waals surface area contributed by atoms with Gasteiger partial charge in [0.15, 0.2) is 6.10 Å². The fourth-order valence-electron chi connectivity index (χ4n) is 2.65. The molecule has 0 radical (unpaired) electrons. The van der Waals surface area contributed by atoms with E-state index in [2.05, 4.69) is 15.0 Å². The van der Waals surface area contributed by atoms with Crippen LogP contribution in [0.5, 0.6) is 5.75 Å². The van der Waals surface area contributed by atoms with Crippen LogP contribution in [0.15, 0.2) is 59.7 Å². The molecule has 156 valence electrons. The molecule has 0 aliphatic rings. The van der Waals surface area contributed by atoms with E-state index in [4.69, 9.17) is 4.74 Å². The van der Waals surface area contributed by atoms with E-state index in [1.807, 2.05) is 0 Å². The molecule has 3 aromatic rings. The Morgan fingerprint density at radius 2 is 1.83 bits per heavy atom. The van der Waals surface area contributed by atoms with E-state index in [9.17, 15) is 23.2 Å². The Morgan fingerprint density at radius 1 is 1.13 bits per heavy atom. The minimum Gasteiger partial charge on any atom is -0.451 e. The number of nitrogens with zero attached hydrogens (tertiary/aromatic N) is 2. The first kappa shape index (κ1) is 20.9. The second-order valence-corrected chi connectivity index (χ2v) is 6.19. The number of ether oxygens (including phenoxy) is 2. The minimum atomic E-state index is -3.06. The average molecular weight is 417 g/mol. The Hall–Kier alpha value is -3.82. The molecular formula is C20H17F2N3O5. The quantitative estimate of drug-likeness (QED) is 0.593. The molecule has 0 fully saturated rings. The number of amides is 1. The summed E-state index contributed by atoms with van der Waals surface area (Å²) >= 11 is 0. The third-order valence-corrected chi connectivity index (χ3v) is 4.07. The predicted molar refractivity (Wildman–Crippen MR) is 103 cm³/mol. The van der Waals surface area contributed by atoms with Crippen LogP contribution in [-0.4, -0.2) is 34.1 Å². The van der Waals surface area contributed by atoms with Crippen LogP contribution in [0.2, 0.25) is 0 Å². The van der Waals surface area contributed by atoms with E-state index in [0.717, 1.165) is 4.57 Å². The van der Waals surface area contributed by atoms with Crippen molar-refractivity contribution in [1.82, 2.24) is 9.55 Å². The third-order valence-electron chi connectivity index (χ3n) is 4.07. The Labute approximate surface area is 169 Å². The summed E-state index contributed by atoms with van der Waals surface area (Å²) in [5.74, 6) is -1.82. The smallest absolute Gasteiger partial charge is 0.387 e. The second-order valence-electron chi connectivity index (χ2n) is 6.19. The number of esters is 1. The van der Waals surface area contributed by atoms with Gasteiger partial charge in [0.2, 0.25) is 0 Å². The Morgan fingerprint density at radius 3 is 2.60 bits per heavy atom. The minimum absolute atomic E-state index is 0.000600. The van der Waals surface area contributed by atoms with Crippen molar-refractivity contribution in [3.05, 3.63) is 65.2 Å². The van der Waals surface area contributed by atoms with Gasteiger partial charge in [0.25, 0.3) is 11.5 Å². The summed E-state index contributed by atoms with van der Waals surface area (Å²) in [6.07, 6.45) is -0.0320. The lowest BCUT2D eigenvalue weighted by Crippen LogP contribution is -2.33. The molecule has 3 rings (SSSR count). The summed E-state index contributed by atoms with van der Waals surface area (Å²) in [5.41, 5.74) is 0.0675. The summed E-state index contributed by atoms with van der Waals surface area (Å²) in [6, 6.07) is 12.3.